The molecule has 0 saturated carbocycles. The molecule has 26 heavy (non-hydrogen) atoms. The lowest BCUT2D eigenvalue weighted by molar-refractivity contribution is 0.106. The van der Waals surface area contributed by atoms with Crippen LogP contribution in [0.5, 0.6) is 11.5 Å². The molecule has 0 fully saturated rings. The van der Waals surface area contributed by atoms with Crippen molar-refractivity contribution in [2.45, 2.75) is 53.4 Å². The second-order valence-electron chi connectivity index (χ2n) is 6.10. The number of rotatable bonds is 12. The van der Waals surface area contributed by atoms with Gasteiger partial charge >= 0.3 is 0 Å². The maximum atomic E-state index is 6.08. The molecule has 0 aliphatic heterocycles. The van der Waals surface area contributed by atoms with Crippen molar-refractivity contribution < 1.29 is 14.3 Å². The first-order valence-corrected chi connectivity index (χ1v) is 10.6. The largest absolute Gasteiger partial charge is 0.489 e. The molecule has 0 spiro atoms. The van der Waals surface area contributed by atoms with Gasteiger partial charge in [-0.1, -0.05) is 31.8 Å². The number of hydrogen-bond donors (Lipinski definition) is 0. The molecular weight excluding hydrogens is 462 g/mol. The van der Waals surface area contributed by atoms with Crippen LogP contribution in [0.3, 0.4) is 0 Å². The first-order chi connectivity index (χ1) is 12.5. The predicted molar refractivity (Wildman–Crippen MR) is 116 cm³/mol. The van der Waals surface area contributed by atoms with Crippen molar-refractivity contribution in [1.29, 1.82) is 0 Å². The van der Waals surface area contributed by atoms with E-state index in [1.807, 2.05) is 19.9 Å². The van der Waals surface area contributed by atoms with Crippen molar-refractivity contribution >= 4 is 37.6 Å². The highest BCUT2D eigenvalue weighted by molar-refractivity contribution is 9.28. The molecule has 0 N–H and O–H groups in total. The Morgan fingerprint density at radius 3 is 2.12 bits per heavy atom. The fourth-order valence-electron chi connectivity index (χ4n) is 2.46. The predicted octanol–water partition coefficient (Wildman–Crippen LogP) is 6.39. The van der Waals surface area contributed by atoms with Crippen molar-refractivity contribution in [3.8, 4) is 11.5 Å². The molecule has 0 atom stereocenters. The van der Waals surface area contributed by atoms with E-state index in [4.69, 9.17) is 14.3 Å². The van der Waals surface area contributed by atoms with Gasteiger partial charge in [-0.15, -0.1) is 0 Å². The molecule has 1 rings (SSSR count). The maximum Gasteiger partial charge on any atom is 0.151 e. The van der Waals surface area contributed by atoms with Gasteiger partial charge in [0.05, 0.1) is 9.10 Å². The number of nitrogens with zero attached hydrogens (tertiary/aromatic N) is 1. The maximum absolute atomic E-state index is 6.08. The van der Waals surface area contributed by atoms with Crippen LogP contribution in [0.1, 0.15) is 51.7 Å². The Hall–Kier alpha value is -1.01. The fraction of sp³-hybridized carbons (Fsp3) is 0.550. The monoisotopic (exact) mass is 489 g/mol. The van der Waals surface area contributed by atoms with Crippen molar-refractivity contribution in [2.75, 3.05) is 19.8 Å². The van der Waals surface area contributed by atoms with E-state index in [-0.39, 0.29) is 0 Å². The van der Waals surface area contributed by atoms with Gasteiger partial charge in [0.25, 0.3) is 0 Å². The van der Waals surface area contributed by atoms with Crippen LogP contribution in [0.4, 0.5) is 0 Å². The first-order valence-electron chi connectivity index (χ1n) is 9.03. The van der Waals surface area contributed by atoms with Crippen molar-refractivity contribution in [3.63, 3.8) is 0 Å². The van der Waals surface area contributed by atoms with Gasteiger partial charge in [-0.3, -0.25) is 0 Å². The summed E-state index contributed by atoms with van der Waals surface area (Å²) in [6.07, 6.45) is 5.93. The minimum atomic E-state index is 0.435. The molecule has 4 nitrogen and oxygen atoms in total. The zero-order valence-electron chi connectivity index (χ0n) is 16.1. The Morgan fingerprint density at radius 1 is 1.00 bits per heavy atom. The minimum absolute atomic E-state index is 0.435. The fourth-order valence-corrected chi connectivity index (χ4v) is 2.72. The first kappa shape index (κ1) is 23.0. The lowest BCUT2D eigenvalue weighted by atomic mass is 10.0. The molecule has 1 aromatic carbocycles. The van der Waals surface area contributed by atoms with Crippen LogP contribution >= 0.6 is 31.9 Å². The molecule has 0 saturated heterocycles. The Morgan fingerprint density at radius 2 is 1.62 bits per heavy atom. The van der Waals surface area contributed by atoms with Crippen LogP contribution in [-0.2, 0) is 17.7 Å². The summed E-state index contributed by atoms with van der Waals surface area (Å²) in [5.41, 5.74) is 3.27. The van der Waals surface area contributed by atoms with Crippen LogP contribution in [0.2, 0.25) is 0 Å². The third-order valence-electron chi connectivity index (χ3n) is 3.41. The van der Waals surface area contributed by atoms with Crippen LogP contribution in [0.15, 0.2) is 26.8 Å². The Kier molecular flexibility index (Phi) is 11.7. The zero-order valence-corrected chi connectivity index (χ0v) is 19.3. The van der Waals surface area contributed by atoms with Gasteiger partial charge in [0.1, 0.15) is 24.7 Å². The quantitative estimate of drug-likeness (QED) is 0.193. The Labute approximate surface area is 174 Å². The Balaban J connectivity index is 2.93. The summed E-state index contributed by atoms with van der Waals surface area (Å²) in [6.45, 7) is 9.57. The van der Waals surface area contributed by atoms with Gasteiger partial charge in [0.2, 0.25) is 0 Å². The highest BCUT2D eigenvalue weighted by Gasteiger charge is 2.13. The number of hydrogen-bond acceptors (Lipinski definition) is 4. The number of ether oxygens (including phenoxy) is 2. The summed E-state index contributed by atoms with van der Waals surface area (Å²) in [5, 5.41) is 3.94. The number of aryl methyl sites for hydroxylation is 2. The normalized spacial score (nSPS) is 10.2. The summed E-state index contributed by atoms with van der Waals surface area (Å²) in [7, 11) is 0. The Bertz CT molecular complexity index is 580. The second-order valence-corrected chi connectivity index (χ2v) is 8.87. The molecule has 0 aromatic heterocycles. The lowest BCUT2D eigenvalue weighted by Crippen LogP contribution is -2.09. The van der Waals surface area contributed by atoms with E-state index in [0.29, 0.717) is 19.8 Å². The van der Waals surface area contributed by atoms with Crippen LogP contribution in [-0.4, -0.2) is 25.5 Å². The molecule has 0 bridgehead atoms. The van der Waals surface area contributed by atoms with E-state index in [2.05, 4.69) is 63.0 Å². The highest BCUT2D eigenvalue weighted by Crippen LogP contribution is 2.32. The number of halogens is 2. The molecule has 1 aromatic rings. The van der Waals surface area contributed by atoms with E-state index < -0.39 is 0 Å². The van der Waals surface area contributed by atoms with E-state index in [9.17, 15) is 0 Å². The smallest absolute Gasteiger partial charge is 0.151 e. The van der Waals surface area contributed by atoms with Gasteiger partial charge < -0.3 is 14.3 Å². The summed E-state index contributed by atoms with van der Waals surface area (Å²) in [6, 6.07) is 4.17. The molecule has 0 amide bonds. The SMILES string of the molecule is CCCc1cc(OCC=C(Br)Br)cc(CCC)c1OCCON=C(C)C. The molecule has 146 valence electrons. The average molecular weight is 491 g/mol. The second kappa shape index (κ2) is 13.2. The van der Waals surface area contributed by atoms with Gasteiger partial charge in [0.15, 0.2) is 6.61 Å². The van der Waals surface area contributed by atoms with Crippen LogP contribution in [0.25, 0.3) is 0 Å². The van der Waals surface area contributed by atoms with E-state index in [1.54, 1.807) is 0 Å². The molecule has 0 heterocycles. The molecule has 6 heteroatoms. The lowest BCUT2D eigenvalue weighted by Gasteiger charge is -2.17. The number of benzene rings is 1. The summed E-state index contributed by atoms with van der Waals surface area (Å²) < 4.78 is 12.8. The molecule has 0 unspecified atom stereocenters. The third-order valence-corrected chi connectivity index (χ3v) is 4.06. The molecular formula is C20H29Br2NO3. The van der Waals surface area contributed by atoms with Gasteiger partial charge in [-0.2, -0.15) is 0 Å². The topological polar surface area (TPSA) is 40.0 Å². The van der Waals surface area contributed by atoms with E-state index >= 15 is 0 Å². The van der Waals surface area contributed by atoms with E-state index in [1.165, 1.54) is 11.1 Å². The van der Waals surface area contributed by atoms with E-state index in [0.717, 1.165) is 46.3 Å². The van der Waals surface area contributed by atoms with Crippen molar-refractivity contribution in [1.82, 2.24) is 0 Å². The summed E-state index contributed by atoms with van der Waals surface area (Å²) >= 11 is 6.69. The summed E-state index contributed by atoms with van der Waals surface area (Å²) in [5.74, 6) is 1.85. The highest BCUT2D eigenvalue weighted by atomic mass is 79.9. The van der Waals surface area contributed by atoms with Gasteiger partial charge in [-0.05, 0) is 87.9 Å². The van der Waals surface area contributed by atoms with Crippen molar-refractivity contribution in [2.24, 2.45) is 5.16 Å². The van der Waals surface area contributed by atoms with Crippen LogP contribution < -0.4 is 9.47 Å². The number of oxime groups is 1. The molecule has 0 aliphatic carbocycles. The molecule has 0 aliphatic rings. The third kappa shape index (κ3) is 9.08. The van der Waals surface area contributed by atoms with Gasteiger partial charge in [0, 0.05) is 0 Å². The molecule has 0 radical (unpaired) electrons. The van der Waals surface area contributed by atoms with Crippen LogP contribution in [0, 0.1) is 0 Å². The standard InChI is InChI=1S/C20H29Br2NO3/c1-5-7-16-13-18(24-10-9-19(21)22)14-17(8-6-2)20(16)25-11-12-26-23-15(3)4/h9,13-14H,5-8,10-12H2,1-4H3. The zero-order chi connectivity index (χ0) is 19.4. The average Bonchev–Trinajstić information content (AvgIpc) is 2.56. The summed E-state index contributed by atoms with van der Waals surface area (Å²) in [4.78, 5) is 5.24. The van der Waals surface area contributed by atoms with Gasteiger partial charge in [-0.25, -0.2) is 0 Å². The minimum Gasteiger partial charge on any atom is -0.489 e. The van der Waals surface area contributed by atoms with Crippen molar-refractivity contribution in [3.05, 3.63) is 32.7 Å².